The summed E-state index contributed by atoms with van der Waals surface area (Å²) in [7, 11) is 1.97. The van der Waals surface area contributed by atoms with E-state index in [-0.39, 0.29) is 43.2 Å². The summed E-state index contributed by atoms with van der Waals surface area (Å²) in [6, 6.07) is 10.1. The van der Waals surface area contributed by atoms with Gasteiger partial charge in [-0.3, -0.25) is 9.67 Å². The third kappa shape index (κ3) is 8.61. The molecule has 0 aliphatic carbocycles. The van der Waals surface area contributed by atoms with Gasteiger partial charge < -0.3 is 20.5 Å². The fourth-order valence-corrected chi connectivity index (χ4v) is 3.16. The van der Waals surface area contributed by atoms with E-state index < -0.39 is 6.10 Å². The van der Waals surface area contributed by atoms with E-state index in [9.17, 15) is 5.11 Å². The number of hydrogen-bond acceptors (Lipinski definition) is 4. The van der Waals surface area contributed by atoms with Gasteiger partial charge in [0.05, 0.1) is 31.6 Å². The summed E-state index contributed by atoms with van der Waals surface area (Å²) in [5.74, 6) is 0.696. The zero-order valence-corrected chi connectivity index (χ0v) is 21.0. The van der Waals surface area contributed by atoms with Gasteiger partial charge in [0.15, 0.2) is 5.96 Å². The molecular formula is C22H36IN5O2. The molecule has 168 valence electrons. The molecule has 1 aromatic heterocycles. The van der Waals surface area contributed by atoms with Crippen LogP contribution in [0.4, 0.5) is 0 Å². The van der Waals surface area contributed by atoms with Crippen molar-refractivity contribution in [3.05, 3.63) is 52.8 Å². The normalized spacial score (nSPS) is 13.5. The Bertz CT molecular complexity index is 779. The first kappa shape index (κ1) is 26.4. The zero-order chi connectivity index (χ0) is 21.2. The molecule has 0 fully saturated rings. The van der Waals surface area contributed by atoms with E-state index >= 15 is 0 Å². The van der Waals surface area contributed by atoms with Crippen molar-refractivity contribution in [3.8, 4) is 0 Å². The van der Waals surface area contributed by atoms with Crippen LogP contribution in [-0.2, 0) is 24.8 Å². The smallest absolute Gasteiger partial charge is 0.191 e. The Morgan fingerprint density at radius 3 is 2.57 bits per heavy atom. The van der Waals surface area contributed by atoms with Crippen molar-refractivity contribution in [1.82, 2.24) is 20.4 Å². The average Bonchev–Trinajstić information content (AvgIpc) is 2.93. The van der Waals surface area contributed by atoms with Crippen molar-refractivity contribution in [1.29, 1.82) is 0 Å². The Hall–Kier alpha value is -1.65. The molecule has 1 heterocycles. The molecule has 1 aromatic carbocycles. The van der Waals surface area contributed by atoms with Crippen LogP contribution in [0, 0.1) is 13.8 Å². The van der Waals surface area contributed by atoms with Crippen LogP contribution in [-0.4, -0.2) is 52.7 Å². The maximum Gasteiger partial charge on any atom is 0.191 e. The predicted octanol–water partition coefficient (Wildman–Crippen LogP) is 2.72. The van der Waals surface area contributed by atoms with Crippen LogP contribution in [0.1, 0.15) is 36.4 Å². The number of guanidine groups is 1. The number of aliphatic imine (C=N–C) groups is 1. The van der Waals surface area contributed by atoms with Crippen LogP contribution in [0.2, 0.25) is 0 Å². The molecule has 3 N–H and O–H groups in total. The largest absolute Gasteiger partial charge is 0.389 e. The highest BCUT2D eigenvalue weighted by Crippen LogP contribution is 2.14. The standard InChI is InChI=1S/C22H35N5O2.HI/c1-6-23-22(25-16(2)12-21-17(3)26-27(5)18(21)4)24-13-20(28)15-29-14-19-10-8-7-9-11-19;/h7-11,16,20,28H,6,12-15H2,1-5H3,(H2,23,24,25);1H. The van der Waals surface area contributed by atoms with Crippen molar-refractivity contribution in [2.45, 2.75) is 52.9 Å². The molecule has 0 aliphatic rings. The molecule has 0 amide bonds. The molecule has 0 aliphatic heterocycles. The first-order valence-electron chi connectivity index (χ1n) is 10.2. The van der Waals surface area contributed by atoms with Gasteiger partial charge in [-0.25, -0.2) is 0 Å². The molecule has 0 radical (unpaired) electrons. The van der Waals surface area contributed by atoms with Gasteiger partial charge in [-0.05, 0) is 45.2 Å². The Morgan fingerprint density at radius 2 is 1.97 bits per heavy atom. The lowest BCUT2D eigenvalue weighted by atomic mass is 10.1. The lowest BCUT2D eigenvalue weighted by Gasteiger charge is -2.19. The Labute approximate surface area is 197 Å². The van der Waals surface area contributed by atoms with Crippen molar-refractivity contribution < 1.29 is 9.84 Å². The fourth-order valence-electron chi connectivity index (χ4n) is 3.16. The number of aliphatic hydroxyl groups excluding tert-OH is 1. The number of benzene rings is 1. The SMILES string of the molecule is CCNC(=NCC(O)COCc1ccccc1)NC(C)Cc1c(C)nn(C)c1C.I. The van der Waals surface area contributed by atoms with E-state index in [1.807, 2.05) is 55.9 Å². The minimum absolute atomic E-state index is 0. The number of halogens is 1. The number of rotatable bonds is 10. The highest BCUT2D eigenvalue weighted by atomic mass is 127. The molecule has 2 unspecified atom stereocenters. The minimum atomic E-state index is -0.646. The molecule has 7 nitrogen and oxygen atoms in total. The van der Waals surface area contributed by atoms with Crippen LogP contribution in [0.15, 0.2) is 35.3 Å². The van der Waals surface area contributed by atoms with Gasteiger partial charge in [0.2, 0.25) is 0 Å². The molecule has 0 saturated heterocycles. The summed E-state index contributed by atoms with van der Waals surface area (Å²) in [6.45, 7) is 10.1. The van der Waals surface area contributed by atoms with Gasteiger partial charge in [0.1, 0.15) is 0 Å². The van der Waals surface area contributed by atoms with Gasteiger partial charge in [-0.15, -0.1) is 24.0 Å². The molecule has 0 bridgehead atoms. The monoisotopic (exact) mass is 529 g/mol. The number of ether oxygens (including phenoxy) is 1. The van der Waals surface area contributed by atoms with Gasteiger partial charge in [-0.2, -0.15) is 5.10 Å². The Morgan fingerprint density at radius 1 is 1.27 bits per heavy atom. The topological polar surface area (TPSA) is 83.7 Å². The second-order valence-electron chi connectivity index (χ2n) is 7.40. The summed E-state index contributed by atoms with van der Waals surface area (Å²) < 4.78 is 7.51. The predicted molar refractivity (Wildman–Crippen MR) is 132 cm³/mol. The third-order valence-electron chi connectivity index (χ3n) is 4.78. The maximum absolute atomic E-state index is 10.2. The number of aromatic nitrogens is 2. The van der Waals surface area contributed by atoms with Crippen LogP contribution in [0.5, 0.6) is 0 Å². The van der Waals surface area contributed by atoms with Gasteiger partial charge in [0, 0.05) is 25.3 Å². The second-order valence-corrected chi connectivity index (χ2v) is 7.40. The quantitative estimate of drug-likeness (QED) is 0.251. The van der Waals surface area contributed by atoms with E-state index in [1.165, 1.54) is 11.3 Å². The molecule has 0 saturated carbocycles. The number of aliphatic hydroxyl groups is 1. The average molecular weight is 529 g/mol. The van der Waals surface area contributed by atoms with Crippen LogP contribution in [0.25, 0.3) is 0 Å². The number of nitrogens with zero attached hydrogens (tertiary/aromatic N) is 3. The first-order valence-corrected chi connectivity index (χ1v) is 10.2. The zero-order valence-electron chi connectivity index (χ0n) is 18.7. The van der Waals surface area contributed by atoms with Gasteiger partial charge >= 0.3 is 0 Å². The summed E-state index contributed by atoms with van der Waals surface area (Å²) in [5.41, 5.74) is 4.60. The summed E-state index contributed by atoms with van der Waals surface area (Å²) in [6.07, 6.45) is 0.214. The highest BCUT2D eigenvalue weighted by molar-refractivity contribution is 14.0. The molecular weight excluding hydrogens is 493 g/mol. The van der Waals surface area contributed by atoms with Crippen LogP contribution < -0.4 is 10.6 Å². The third-order valence-corrected chi connectivity index (χ3v) is 4.78. The lowest BCUT2D eigenvalue weighted by molar-refractivity contribution is 0.0331. The van der Waals surface area contributed by atoms with E-state index in [0.29, 0.717) is 12.6 Å². The summed E-state index contributed by atoms with van der Waals surface area (Å²) in [5, 5.41) is 21.3. The van der Waals surface area contributed by atoms with E-state index in [2.05, 4.69) is 34.6 Å². The molecule has 30 heavy (non-hydrogen) atoms. The van der Waals surface area contributed by atoms with Crippen molar-refractivity contribution in [2.24, 2.45) is 12.0 Å². The van der Waals surface area contributed by atoms with Gasteiger partial charge in [0.25, 0.3) is 0 Å². The summed E-state index contributed by atoms with van der Waals surface area (Å²) >= 11 is 0. The lowest BCUT2D eigenvalue weighted by Crippen LogP contribution is -2.43. The van der Waals surface area contributed by atoms with E-state index in [0.717, 1.165) is 24.2 Å². The number of nitrogens with one attached hydrogen (secondary N) is 2. The van der Waals surface area contributed by atoms with Crippen molar-refractivity contribution >= 4 is 29.9 Å². The maximum atomic E-state index is 10.2. The molecule has 2 atom stereocenters. The Kier molecular flexibility index (Phi) is 12.0. The molecule has 8 heteroatoms. The Balaban J connectivity index is 0.00000450. The van der Waals surface area contributed by atoms with E-state index in [1.54, 1.807) is 0 Å². The second kappa shape index (κ2) is 13.6. The molecule has 2 aromatic rings. The number of aryl methyl sites for hydroxylation is 2. The van der Waals surface area contributed by atoms with Crippen molar-refractivity contribution in [3.63, 3.8) is 0 Å². The van der Waals surface area contributed by atoms with Crippen LogP contribution in [0.3, 0.4) is 0 Å². The molecule has 2 rings (SSSR count). The minimum Gasteiger partial charge on any atom is -0.389 e. The van der Waals surface area contributed by atoms with E-state index in [4.69, 9.17) is 4.74 Å². The van der Waals surface area contributed by atoms with Crippen LogP contribution >= 0.6 is 24.0 Å². The molecule has 0 spiro atoms. The highest BCUT2D eigenvalue weighted by Gasteiger charge is 2.14. The van der Waals surface area contributed by atoms with Gasteiger partial charge in [-0.1, -0.05) is 30.3 Å². The van der Waals surface area contributed by atoms with Crippen molar-refractivity contribution in [2.75, 3.05) is 19.7 Å². The number of hydrogen-bond donors (Lipinski definition) is 3. The fraction of sp³-hybridized carbons (Fsp3) is 0.545. The first-order chi connectivity index (χ1) is 13.9. The summed E-state index contributed by atoms with van der Waals surface area (Å²) in [4.78, 5) is 4.51.